The van der Waals surface area contributed by atoms with E-state index in [4.69, 9.17) is 0 Å². The second kappa shape index (κ2) is 8.46. The lowest BCUT2D eigenvalue weighted by Crippen LogP contribution is -2.40. The molecule has 2 fully saturated rings. The van der Waals surface area contributed by atoms with Gasteiger partial charge in [0.2, 0.25) is 0 Å². The van der Waals surface area contributed by atoms with Crippen molar-refractivity contribution in [1.82, 2.24) is 14.3 Å². The van der Waals surface area contributed by atoms with Gasteiger partial charge >= 0.3 is 0 Å². The minimum Gasteiger partial charge on any atom is -0.314 e. The van der Waals surface area contributed by atoms with Crippen LogP contribution in [0.5, 0.6) is 0 Å². The van der Waals surface area contributed by atoms with Gasteiger partial charge in [0, 0.05) is 26.2 Å². The molecule has 0 spiro atoms. The monoisotopic (exact) mass is 317 g/mol. The maximum absolute atomic E-state index is 12.1. The molecule has 5 nitrogen and oxygen atoms in total. The quantitative estimate of drug-likeness (QED) is 0.605. The molecule has 6 heteroatoms. The lowest BCUT2D eigenvalue weighted by molar-refractivity contribution is 0.338. The fraction of sp³-hybridized carbons (Fsp3) is 1.00. The summed E-state index contributed by atoms with van der Waals surface area (Å²) in [5, 5.41) is 3.41. The molecular weight excluding hydrogens is 286 g/mol. The van der Waals surface area contributed by atoms with Crippen molar-refractivity contribution in [2.45, 2.75) is 63.8 Å². The van der Waals surface area contributed by atoms with E-state index in [-0.39, 0.29) is 0 Å². The molecule has 0 amide bonds. The lowest BCUT2D eigenvalue weighted by Gasteiger charge is -2.22. The van der Waals surface area contributed by atoms with E-state index < -0.39 is 10.2 Å². The van der Waals surface area contributed by atoms with Gasteiger partial charge in [-0.25, -0.2) is 4.72 Å². The lowest BCUT2D eigenvalue weighted by atomic mass is 9.87. The van der Waals surface area contributed by atoms with Crippen LogP contribution < -0.4 is 10.0 Å². The summed E-state index contributed by atoms with van der Waals surface area (Å²) in [5.41, 5.74) is 0. The standard InChI is InChI=1S/C15H31N3O2S/c1-18(13-5-11-16-15-8-9-15)21(19,20)17-12-10-14-6-3-2-4-7-14/h14-17H,2-13H2,1H3. The van der Waals surface area contributed by atoms with E-state index in [1.165, 1.54) is 49.3 Å². The molecule has 124 valence electrons. The summed E-state index contributed by atoms with van der Waals surface area (Å²) in [6.07, 6.45) is 10.9. The average molecular weight is 317 g/mol. The zero-order valence-electron chi connectivity index (χ0n) is 13.3. The molecule has 0 heterocycles. The van der Waals surface area contributed by atoms with Crippen molar-refractivity contribution in [3.63, 3.8) is 0 Å². The number of nitrogens with one attached hydrogen (secondary N) is 2. The zero-order chi connectivity index (χ0) is 15.1. The van der Waals surface area contributed by atoms with E-state index in [2.05, 4.69) is 10.0 Å². The Morgan fingerprint density at radius 2 is 1.76 bits per heavy atom. The van der Waals surface area contributed by atoms with E-state index in [0.29, 0.717) is 19.1 Å². The topological polar surface area (TPSA) is 61.4 Å². The van der Waals surface area contributed by atoms with Gasteiger partial charge in [-0.2, -0.15) is 12.7 Å². The van der Waals surface area contributed by atoms with Crippen molar-refractivity contribution in [1.29, 1.82) is 0 Å². The minimum absolute atomic E-state index is 0.581. The third kappa shape index (κ3) is 6.63. The molecule has 2 rings (SSSR count). The Morgan fingerprint density at radius 3 is 2.43 bits per heavy atom. The van der Waals surface area contributed by atoms with E-state index in [1.807, 2.05) is 0 Å². The molecule has 0 aromatic heterocycles. The van der Waals surface area contributed by atoms with Crippen LogP contribution in [0.3, 0.4) is 0 Å². The Kier molecular flexibility index (Phi) is 6.92. The van der Waals surface area contributed by atoms with Crippen molar-refractivity contribution in [3.05, 3.63) is 0 Å². The number of hydrogen-bond acceptors (Lipinski definition) is 3. The third-order valence-corrected chi connectivity index (χ3v) is 6.20. The predicted molar refractivity (Wildman–Crippen MR) is 86.4 cm³/mol. The fourth-order valence-electron chi connectivity index (χ4n) is 2.99. The van der Waals surface area contributed by atoms with Gasteiger partial charge in [0.25, 0.3) is 10.2 Å². The van der Waals surface area contributed by atoms with E-state index >= 15 is 0 Å². The summed E-state index contributed by atoms with van der Waals surface area (Å²) in [5.74, 6) is 0.717. The first-order valence-corrected chi connectivity index (χ1v) is 9.96. The molecule has 21 heavy (non-hydrogen) atoms. The van der Waals surface area contributed by atoms with Crippen molar-refractivity contribution >= 4 is 10.2 Å². The molecule has 0 aromatic carbocycles. The Hall–Kier alpha value is -0.170. The van der Waals surface area contributed by atoms with Crippen LogP contribution in [0, 0.1) is 5.92 Å². The van der Waals surface area contributed by atoms with E-state index in [0.717, 1.165) is 25.3 Å². The van der Waals surface area contributed by atoms with Gasteiger partial charge in [-0.3, -0.25) is 0 Å². The summed E-state index contributed by atoms with van der Waals surface area (Å²) >= 11 is 0. The maximum Gasteiger partial charge on any atom is 0.279 e. The smallest absolute Gasteiger partial charge is 0.279 e. The van der Waals surface area contributed by atoms with Crippen molar-refractivity contribution < 1.29 is 8.42 Å². The van der Waals surface area contributed by atoms with Gasteiger partial charge in [0.1, 0.15) is 0 Å². The van der Waals surface area contributed by atoms with Crippen LogP contribution in [0.1, 0.15) is 57.8 Å². The average Bonchev–Trinajstić information content (AvgIpc) is 3.28. The van der Waals surface area contributed by atoms with Gasteiger partial charge in [-0.15, -0.1) is 0 Å². The number of nitrogens with zero attached hydrogens (tertiary/aromatic N) is 1. The highest BCUT2D eigenvalue weighted by atomic mass is 32.2. The Balaban J connectivity index is 1.57. The van der Waals surface area contributed by atoms with Crippen LogP contribution in [-0.2, 0) is 10.2 Å². The molecular formula is C15H31N3O2S. The maximum atomic E-state index is 12.1. The van der Waals surface area contributed by atoms with Gasteiger partial charge < -0.3 is 5.32 Å². The number of hydrogen-bond donors (Lipinski definition) is 2. The molecule has 2 aliphatic carbocycles. The second-order valence-electron chi connectivity index (χ2n) is 6.60. The van der Waals surface area contributed by atoms with Gasteiger partial charge in [-0.1, -0.05) is 32.1 Å². The molecule has 0 radical (unpaired) electrons. The minimum atomic E-state index is -3.29. The van der Waals surface area contributed by atoms with Crippen LogP contribution in [0.15, 0.2) is 0 Å². The van der Waals surface area contributed by atoms with E-state index in [1.54, 1.807) is 7.05 Å². The van der Waals surface area contributed by atoms with Gasteiger partial charge in [-0.05, 0) is 38.1 Å². The molecule has 0 aliphatic heterocycles. The van der Waals surface area contributed by atoms with Gasteiger partial charge in [0.05, 0.1) is 0 Å². The van der Waals surface area contributed by atoms with Crippen LogP contribution in [-0.4, -0.2) is 45.4 Å². The Bertz CT molecular complexity index is 390. The summed E-state index contributed by atoms with van der Waals surface area (Å²) in [4.78, 5) is 0. The summed E-state index contributed by atoms with van der Waals surface area (Å²) in [6, 6.07) is 0.695. The van der Waals surface area contributed by atoms with E-state index in [9.17, 15) is 8.42 Å². The van der Waals surface area contributed by atoms with Crippen LogP contribution >= 0.6 is 0 Å². The Labute approximate surface area is 130 Å². The SMILES string of the molecule is CN(CCCNC1CC1)S(=O)(=O)NCCC1CCCCC1. The molecule has 2 N–H and O–H groups in total. The van der Waals surface area contributed by atoms with Crippen molar-refractivity contribution in [2.24, 2.45) is 5.92 Å². The summed E-state index contributed by atoms with van der Waals surface area (Å²) in [7, 11) is -1.62. The Morgan fingerprint density at radius 1 is 1.05 bits per heavy atom. The van der Waals surface area contributed by atoms with Crippen molar-refractivity contribution in [3.8, 4) is 0 Å². The normalized spacial score (nSPS) is 21.0. The van der Waals surface area contributed by atoms with Crippen LogP contribution in [0.25, 0.3) is 0 Å². The fourth-order valence-corrected chi connectivity index (χ4v) is 3.96. The van der Waals surface area contributed by atoms with Gasteiger partial charge in [0.15, 0.2) is 0 Å². The highest BCUT2D eigenvalue weighted by Gasteiger charge is 2.21. The first-order chi connectivity index (χ1) is 10.1. The predicted octanol–water partition coefficient (Wildman–Crippen LogP) is 1.87. The zero-order valence-corrected chi connectivity index (χ0v) is 14.1. The second-order valence-corrected chi connectivity index (χ2v) is 8.46. The third-order valence-electron chi connectivity index (χ3n) is 4.63. The first-order valence-electron chi connectivity index (χ1n) is 8.52. The molecule has 0 unspecified atom stereocenters. The molecule has 2 saturated carbocycles. The summed E-state index contributed by atoms with van der Waals surface area (Å²) in [6.45, 7) is 2.07. The largest absolute Gasteiger partial charge is 0.314 e. The molecule has 0 saturated heterocycles. The molecule has 2 aliphatic rings. The molecule has 0 aromatic rings. The highest BCUT2D eigenvalue weighted by molar-refractivity contribution is 7.87. The van der Waals surface area contributed by atoms with Crippen LogP contribution in [0.4, 0.5) is 0 Å². The van der Waals surface area contributed by atoms with Crippen LogP contribution in [0.2, 0.25) is 0 Å². The first kappa shape index (κ1) is 17.2. The molecule has 0 bridgehead atoms. The molecule has 0 atom stereocenters. The summed E-state index contributed by atoms with van der Waals surface area (Å²) < 4.78 is 28.4. The number of rotatable bonds is 10. The van der Waals surface area contributed by atoms with Crippen molar-refractivity contribution in [2.75, 3.05) is 26.7 Å². The highest BCUT2D eigenvalue weighted by Crippen LogP contribution is 2.25.